The number of hydrogen-bond donors (Lipinski definition) is 0. The second-order valence-electron chi connectivity index (χ2n) is 4.07. The van der Waals surface area contributed by atoms with Crippen molar-refractivity contribution in [2.75, 3.05) is 7.11 Å². The maximum Gasteiger partial charge on any atom is 0.318 e. The number of para-hydroxylation sites is 2. The van der Waals surface area contributed by atoms with Crippen molar-refractivity contribution >= 4 is 28.8 Å². The van der Waals surface area contributed by atoms with Crippen molar-refractivity contribution in [3.05, 3.63) is 36.9 Å². The molecule has 1 heterocycles. The van der Waals surface area contributed by atoms with Crippen molar-refractivity contribution in [2.45, 2.75) is 23.9 Å². The average molecular weight is 276 g/mol. The lowest BCUT2D eigenvalue weighted by molar-refractivity contribution is -0.139. The second-order valence-corrected chi connectivity index (χ2v) is 5.37. The second kappa shape index (κ2) is 5.93. The number of methoxy groups -OCH3 is 1. The third kappa shape index (κ3) is 2.81. The molecule has 0 N–H and O–H groups in total. The van der Waals surface area contributed by atoms with Gasteiger partial charge >= 0.3 is 5.97 Å². The molecule has 0 aliphatic rings. The lowest BCUT2D eigenvalue weighted by Crippen LogP contribution is -2.15. The zero-order valence-corrected chi connectivity index (χ0v) is 11.8. The van der Waals surface area contributed by atoms with Gasteiger partial charge < -0.3 is 9.30 Å². The Morgan fingerprint density at radius 1 is 1.58 bits per heavy atom. The summed E-state index contributed by atoms with van der Waals surface area (Å²) in [7, 11) is 1.39. The van der Waals surface area contributed by atoms with E-state index in [1.807, 2.05) is 41.8 Å². The lowest BCUT2D eigenvalue weighted by Gasteiger charge is -2.10. The molecule has 100 valence electrons. The number of carbonyl (C=O) groups excluding carboxylic acids is 1. The smallest absolute Gasteiger partial charge is 0.318 e. The van der Waals surface area contributed by atoms with E-state index >= 15 is 0 Å². The molecule has 19 heavy (non-hydrogen) atoms. The van der Waals surface area contributed by atoms with Crippen LogP contribution in [0.5, 0.6) is 0 Å². The number of nitrogens with zero attached hydrogens (tertiary/aromatic N) is 2. The van der Waals surface area contributed by atoms with E-state index in [9.17, 15) is 4.79 Å². The highest BCUT2D eigenvalue weighted by atomic mass is 32.2. The summed E-state index contributed by atoms with van der Waals surface area (Å²) in [6.45, 7) is 6.24. The maximum atomic E-state index is 11.5. The molecule has 2 rings (SSSR count). The molecular weight excluding hydrogens is 260 g/mol. The zero-order valence-electron chi connectivity index (χ0n) is 11.0. The van der Waals surface area contributed by atoms with E-state index in [1.165, 1.54) is 18.9 Å². The number of imidazole rings is 1. The van der Waals surface area contributed by atoms with Gasteiger partial charge in [-0.3, -0.25) is 4.79 Å². The van der Waals surface area contributed by atoms with Gasteiger partial charge in [-0.1, -0.05) is 30.0 Å². The Bertz CT molecular complexity index is 607. The zero-order chi connectivity index (χ0) is 13.8. The molecule has 0 spiro atoms. The minimum atomic E-state index is -0.287. The molecule has 2 aromatic rings. The van der Waals surface area contributed by atoms with E-state index in [4.69, 9.17) is 4.74 Å². The van der Waals surface area contributed by atoms with E-state index in [2.05, 4.69) is 11.6 Å². The number of aromatic nitrogens is 2. The summed E-state index contributed by atoms with van der Waals surface area (Å²) in [4.78, 5) is 16.1. The molecule has 0 saturated carbocycles. The summed E-state index contributed by atoms with van der Waals surface area (Å²) in [6.07, 6.45) is 1.82. The number of fused-ring (bicyclic) bond motifs is 1. The van der Waals surface area contributed by atoms with Crippen LogP contribution < -0.4 is 0 Å². The predicted molar refractivity (Wildman–Crippen MR) is 77.3 cm³/mol. The first kappa shape index (κ1) is 13.7. The summed E-state index contributed by atoms with van der Waals surface area (Å²) < 4.78 is 6.79. The first-order valence-corrected chi connectivity index (χ1v) is 6.86. The van der Waals surface area contributed by atoms with Gasteiger partial charge in [-0.2, -0.15) is 0 Å². The summed E-state index contributed by atoms with van der Waals surface area (Å²) >= 11 is 1.40. The van der Waals surface area contributed by atoms with Gasteiger partial charge in [-0.05, 0) is 19.1 Å². The van der Waals surface area contributed by atoms with Gasteiger partial charge in [0.05, 0.1) is 18.1 Å². The number of thioether (sulfide) groups is 1. The van der Waals surface area contributed by atoms with Gasteiger partial charge in [-0.15, -0.1) is 6.58 Å². The highest BCUT2D eigenvalue weighted by Gasteiger charge is 2.19. The molecule has 5 heteroatoms. The Kier molecular flexibility index (Phi) is 4.27. The van der Waals surface area contributed by atoms with Crippen LogP contribution in [0, 0.1) is 0 Å². The van der Waals surface area contributed by atoms with E-state index in [0.29, 0.717) is 6.54 Å². The monoisotopic (exact) mass is 276 g/mol. The Labute approximate surface area is 116 Å². The van der Waals surface area contributed by atoms with Crippen LogP contribution >= 0.6 is 11.8 Å². The van der Waals surface area contributed by atoms with Gasteiger partial charge in [-0.25, -0.2) is 4.98 Å². The van der Waals surface area contributed by atoms with Gasteiger partial charge in [0.1, 0.15) is 5.25 Å². The molecule has 1 aromatic carbocycles. The predicted octanol–water partition coefficient (Wildman–Crippen LogP) is 2.88. The summed E-state index contributed by atoms with van der Waals surface area (Å²) in [5.74, 6) is -0.248. The minimum absolute atomic E-state index is 0.248. The summed E-state index contributed by atoms with van der Waals surface area (Å²) in [5.41, 5.74) is 1.96. The van der Waals surface area contributed by atoms with E-state index < -0.39 is 0 Å². The van der Waals surface area contributed by atoms with Crippen LogP contribution in [-0.4, -0.2) is 27.9 Å². The molecule has 0 aliphatic heterocycles. The minimum Gasteiger partial charge on any atom is -0.468 e. The number of ether oxygens (including phenoxy) is 1. The highest BCUT2D eigenvalue weighted by molar-refractivity contribution is 8.00. The van der Waals surface area contributed by atoms with Crippen LogP contribution in [0.15, 0.2) is 42.1 Å². The molecule has 1 aromatic heterocycles. The van der Waals surface area contributed by atoms with Crippen LogP contribution in [0.1, 0.15) is 6.92 Å². The fourth-order valence-electron chi connectivity index (χ4n) is 1.82. The van der Waals surface area contributed by atoms with Crippen LogP contribution in [0.4, 0.5) is 0 Å². The first-order valence-electron chi connectivity index (χ1n) is 5.98. The topological polar surface area (TPSA) is 44.1 Å². The van der Waals surface area contributed by atoms with Gasteiger partial charge in [0.2, 0.25) is 0 Å². The summed E-state index contributed by atoms with van der Waals surface area (Å²) in [6, 6.07) is 7.90. The van der Waals surface area contributed by atoms with Crippen LogP contribution in [0.25, 0.3) is 11.0 Å². The number of benzene rings is 1. The maximum absolute atomic E-state index is 11.5. The Hall–Kier alpha value is -1.75. The van der Waals surface area contributed by atoms with Crippen LogP contribution in [0.3, 0.4) is 0 Å². The van der Waals surface area contributed by atoms with Crippen molar-refractivity contribution < 1.29 is 9.53 Å². The SMILES string of the molecule is C=CCn1c(S[C@@H](C)C(=O)OC)nc2ccccc21. The molecule has 0 unspecified atom stereocenters. The molecule has 4 nitrogen and oxygen atoms in total. The van der Waals surface area contributed by atoms with Crippen molar-refractivity contribution in [1.29, 1.82) is 0 Å². The molecule has 1 atom stereocenters. The summed E-state index contributed by atoms with van der Waals surface area (Å²) in [5, 5.41) is 0.518. The van der Waals surface area contributed by atoms with Crippen molar-refractivity contribution in [3.8, 4) is 0 Å². The molecule has 0 aliphatic carbocycles. The fraction of sp³-hybridized carbons (Fsp3) is 0.286. The van der Waals surface area contributed by atoms with Gasteiger partial charge in [0, 0.05) is 6.54 Å². The first-order chi connectivity index (χ1) is 9.17. The van der Waals surface area contributed by atoms with E-state index in [0.717, 1.165) is 16.2 Å². The van der Waals surface area contributed by atoms with E-state index in [1.54, 1.807) is 0 Å². The molecule has 0 radical (unpaired) electrons. The van der Waals surface area contributed by atoms with Crippen molar-refractivity contribution in [3.63, 3.8) is 0 Å². The Morgan fingerprint density at radius 2 is 2.32 bits per heavy atom. The standard InChI is InChI=1S/C14H16N2O2S/c1-4-9-16-12-8-6-5-7-11(12)15-14(16)19-10(2)13(17)18-3/h4-8,10H,1,9H2,2-3H3/t10-/m0/s1. The van der Waals surface area contributed by atoms with Crippen LogP contribution in [0.2, 0.25) is 0 Å². The normalized spacial score (nSPS) is 12.3. The molecule has 0 amide bonds. The molecule has 0 bridgehead atoms. The molecule has 0 fully saturated rings. The van der Waals surface area contributed by atoms with Crippen LogP contribution in [-0.2, 0) is 16.1 Å². The quantitative estimate of drug-likeness (QED) is 0.478. The number of rotatable bonds is 5. The molecule has 0 saturated heterocycles. The number of esters is 1. The van der Waals surface area contributed by atoms with E-state index in [-0.39, 0.29) is 11.2 Å². The fourth-order valence-corrected chi connectivity index (χ4v) is 2.78. The third-order valence-corrected chi connectivity index (χ3v) is 3.81. The van der Waals surface area contributed by atoms with Crippen molar-refractivity contribution in [2.24, 2.45) is 0 Å². The largest absolute Gasteiger partial charge is 0.468 e. The van der Waals surface area contributed by atoms with Crippen molar-refractivity contribution in [1.82, 2.24) is 9.55 Å². The lowest BCUT2D eigenvalue weighted by atomic mass is 10.3. The highest BCUT2D eigenvalue weighted by Crippen LogP contribution is 2.27. The Morgan fingerprint density at radius 3 is 3.00 bits per heavy atom. The average Bonchev–Trinajstić information content (AvgIpc) is 2.76. The number of hydrogen-bond acceptors (Lipinski definition) is 4. The Balaban J connectivity index is 2.38. The van der Waals surface area contributed by atoms with Gasteiger partial charge in [0.25, 0.3) is 0 Å². The number of allylic oxidation sites excluding steroid dienone is 1. The molecular formula is C14H16N2O2S. The number of carbonyl (C=O) groups is 1. The van der Waals surface area contributed by atoms with Gasteiger partial charge in [0.15, 0.2) is 5.16 Å². The third-order valence-electron chi connectivity index (χ3n) is 2.75.